The van der Waals surface area contributed by atoms with Crippen LogP contribution in [0.4, 0.5) is 11.6 Å². The van der Waals surface area contributed by atoms with Crippen LogP contribution in [0.25, 0.3) is 10.8 Å². The van der Waals surface area contributed by atoms with E-state index in [4.69, 9.17) is 0 Å². The van der Waals surface area contributed by atoms with Crippen LogP contribution in [0.15, 0.2) is 40.4 Å². The smallest absolute Gasteiger partial charge is 0.258 e. The fraction of sp³-hybridized carbons (Fsp3) is 0.263. The molecule has 3 aromatic rings. The molecule has 8 nitrogen and oxygen atoms in total. The molecule has 0 radical (unpaired) electrons. The maximum absolute atomic E-state index is 12.1. The third kappa shape index (κ3) is 3.85. The molecule has 0 amide bonds. The maximum Gasteiger partial charge on any atom is 0.258 e. The third-order valence-corrected chi connectivity index (χ3v) is 5.43. The number of likely N-dealkylation sites (N-methyl/N-ethyl adjacent to an activating group) is 1. The quantitative estimate of drug-likeness (QED) is 0.432. The molecular weight excluding hydrogens is 471 g/mol. The van der Waals surface area contributed by atoms with E-state index < -0.39 is 0 Å². The Kier molecular flexibility index (Phi) is 5.27. The number of rotatable bonds is 3. The van der Waals surface area contributed by atoms with E-state index in [1.165, 1.54) is 6.21 Å². The number of hydrogen-bond acceptors (Lipinski definition) is 7. The number of benzene rings is 1. The number of aromatic amines is 1. The summed E-state index contributed by atoms with van der Waals surface area (Å²) in [7, 11) is 2.10. The van der Waals surface area contributed by atoms with Crippen molar-refractivity contribution in [2.45, 2.75) is 0 Å². The molecule has 1 aromatic carbocycles. The van der Waals surface area contributed by atoms with Crippen molar-refractivity contribution in [2.24, 2.45) is 4.99 Å². The van der Waals surface area contributed by atoms with Crippen molar-refractivity contribution in [3.63, 3.8) is 0 Å². The van der Waals surface area contributed by atoms with Crippen LogP contribution in [-0.2, 0) is 0 Å². The number of nitrogens with one attached hydrogen (secondary N) is 1. The largest absolute Gasteiger partial charge is 0.494 e. The second-order valence-corrected chi connectivity index (χ2v) is 7.94. The highest BCUT2D eigenvalue weighted by Gasteiger charge is 2.16. The van der Waals surface area contributed by atoms with Gasteiger partial charge in [0, 0.05) is 46.7 Å². The average Bonchev–Trinajstić information content (AvgIpc) is 2.68. The van der Waals surface area contributed by atoms with E-state index in [0.29, 0.717) is 28.0 Å². The average molecular weight is 490 g/mol. The number of aromatic hydroxyl groups is 1. The van der Waals surface area contributed by atoms with Gasteiger partial charge in [-0.1, -0.05) is 0 Å². The van der Waals surface area contributed by atoms with Crippen molar-refractivity contribution >= 4 is 51.2 Å². The number of fused-ring (bicyclic) bond motifs is 1. The Bertz CT molecular complexity index is 1090. The van der Waals surface area contributed by atoms with Gasteiger partial charge in [0.15, 0.2) is 0 Å². The molecule has 0 unspecified atom stereocenters. The van der Waals surface area contributed by atoms with Crippen LogP contribution < -0.4 is 10.5 Å². The van der Waals surface area contributed by atoms with Crippen molar-refractivity contribution in [3.05, 3.63) is 50.1 Å². The van der Waals surface area contributed by atoms with Crippen LogP contribution in [0.1, 0.15) is 5.56 Å². The Morgan fingerprint density at radius 1 is 1.18 bits per heavy atom. The standard InChI is InChI=1S/C19H19IN6O2/c1-25-4-6-26(7-5-25)19-22-9-13(10-23-19)21-11-16-15-8-12(20)2-3-14(15)17(27)24-18(16)28/h2-3,8-11H,4-7H2,1H3,(H2,24,27,28). The molecule has 3 heterocycles. The zero-order valence-corrected chi connectivity index (χ0v) is 17.4. The third-order valence-electron chi connectivity index (χ3n) is 4.76. The lowest BCUT2D eigenvalue weighted by atomic mass is 10.1. The predicted octanol–water partition coefficient (Wildman–Crippen LogP) is 2.13. The topological polar surface area (TPSA) is 97.7 Å². The summed E-state index contributed by atoms with van der Waals surface area (Å²) < 4.78 is 0.963. The minimum atomic E-state index is -0.332. The lowest BCUT2D eigenvalue weighted by molar-refractivity contribution is 0.311. The van der Waals surface area contributed by atoms with E-state index in [1.807, 2.05) is 12.1 Å². The van der Waals surface area contributed by atoms with Crippen LogP contribution in [0.3, 0.4) is 0 Å². The van der Waals surface area contributed by atoms with E-state index in [9.17, 15) is 9.90 Å². The molecule has 0 spiro atoms. The molecule has 1 aliphatic heterocycles. The van der Waals surface area contributed by atoms with Gasteiger partial charge in [-0.25, -0.2) is 9.97 Å². The summed E-state index contributed by atoms with van der Waals surface area (Å²) in [4.78, 5) is 32.1. The molecule has 2 aromatic heterocycles. The van der Waals surface area contributed by atoms with E-state index in [1.54, 1.807) is 18.5 Å². The van der Waals surface area contributed by atoms with Crippen molar-refractivity contribution in [1.29, 1.82) is 0 Å². The van der Waals surface area contributed by atoms with E-state index in [-0.39, 0.29) is 11.4 Å². The van der Waals surface area contributed by atoms with Crippen molar-refractivity contribution in [1.82, 2.24) is 19.9 Å². The van der Waals surface area contributed by atoms with Gasteiger partial charge in [-0.3, -0.25) is 14.8 Å². The van der Waals surface area contributed by atoms with Gasteiger partial charge in [-0.15, -0.1) is 0 Å². The van der Waals surface area contributed by atoms with Gasteiger partial charge in [0.05, 0.1) is 23.6 Å². The van der Waals surface area contributed by atoms with Crippen molar-refractivity contribution in [2.75, 3.05) is 38.1 Å². The molecule has 0 atom stereocenters. The Morgan fingerprint density at radius 2 is 1.89 bits per heavy atom. The number of H-pyrrole nitrogens is 1. The first-order valence-electron chi connectivity index (χ1n) is 8.85. The molecule has 4 rings (SSSR count). The van der Waals surface area contributed by atoms with Crippen molar-refractivity contribution in [3.8, 4) is 5.88 Å². The number of piperazine rings is 1. The number of hydrogen-bond donors (Lipinski definition) is 2. The predicted molar refractivity (Wildman–Crippen MR) is 118 cm³/mol. The highest BCUT2D eigenvalue weighted by atomic mass is 127. The molecule has 2 N–H and O–H groups in total. The Hall–Kier alpha value is -2.53. The highest BCUT2D eigenvalue weighted by molar-refractivity contribution is 14.1. The zero-order valence-electron chi connectivity index (χ0n) is 15.3. The Morgan fingerprint density at radius 3 is 2.61 bits per heavy atom. The summed E-state index contributed by atoms with van der Waals surface area (Å²) in [5.74, 6) is 0.483. The molecule has 1 saturated heterocycles. The molecule has 0 bridgehead atoms. The first-order chi connectivity index (χ1) is 13.5. The minimum Gasteiger partial charge on any atom is -0.494 e. The fourth-order valence-electron chi connectivity index (χ4n) is 3.13. The van der Waals surface area contributed by atoms with Gasteiger partial charge in [-0.05, 0) is 47.8 Å². The van der Waals surface area contributed by atoms with Gasteiger partial charge >= 0.3 is 0 Å². The summed E-state index contributed by atoms with van der Waals surface area (Å²) >= 11 is 2.17. The normalized spacial score (nSPS) is 15.6. The first kappa shape index (κ1) is 18.8. The van der Waals surface area contributed by atoms with Crippen LogP contribution in [0.5, 0.6) is 5.88 Å². The summed E-state index contributed by atoms with van der Waals surface area (Å²) in [6.45, 7) is 3.77. The number of aliphatic imine (C=N–C) groups is 1. The van der Waals surface area contributed by atoms with Crippen LogP contribution >= 0.6 is 22.6 Å². The van der Waals surface area contributed by atoms with E-state index >= 15 is 0 Å². The molecule has 1 aliphatic rings. The summed E-state index contributed by atoms with van der Waals surface area (Å²) in [6, 6.07) is 5.43. The van der Waals surface area contributed by atoms with E-state index in [0.717, 1.165) is 29.7 Å². The number of aromatic nitrogens is 3. The molecule has 28 heavy (non-hydrogen) atoms. The molecule has 0 aliphatic carbocycles. The lowest BCUT2D eigenvalue weighted by Crippen LogP contribution is -2.45. The van der Waals surface area contributed by atoms with Crippen molar-refractivity contribution < 1.29 is 5.11 Å². The number of pyridine rings is 1. The van der Waals surface area contributed by atoms with Gasteiger partial charge in [0.1, 0.15) is 0 Å². The summed E-state index contributed by atoms with van der Waals surface area (Å²) in [5, 5.41) is 11.3. The van der Waals surface area contributed by atoms with E-state index in [2.05, 4.69) is 59.4 Å². The maximum atomic E-state index is 12.1. The summed E-state index contributed by atoms with van der Waals surface area (Å²) in [6.07, 6.45) is 4.84. The first-order valence-corrected chi connectivity index (χ1v) is 9.93. The lowest BCUT2D eigenvalue weighted by Gasteiger charge is -2.32. The van der Waals surface area contributed by atoms with Gasteiger partial charge in [0.2, 0.25) is 11.8 Å². The number of anilines is 1. The molecule has 0 saturated carbocycles. The van der Waals surface area contributed by atoms with Crippen LogP contribution in [0.2, 0.25) is 0 Å². The summed E-state index contributed by atoms with van der Waals surface area (Å²) in [5.41, 5.74) is 0.694. The second kappa shape index (κ2) is 7.84. The number of nitrogens with zero attached hydrogens (tertiary/aromatic N) is 5. The molecule has 9 heteroatoms. The second-order valence-electron chi connectivity index (χ2n) is 6.70. The Labute approximate surface area is 175 Å². The Balaban J connectivity index is 1.61. The van der Waals surface area contributed by atoms with Gasteiger partial charge in [0.25, 0.3) is 5.56 Å². The molecular formula is C19H19IN6O2. The van der Waals surface area contributed by atoms with Crippen LogP contribution in [-0.4, -0.2) is 64.4 Å². The van der Waals surface area contributed by atoms with Gasteiger partial charge in [-0.2, -0.15) is 0 Å². The molecule has 1 fully saturated rings. The monoisotopic (exact) mass is 490 g/mol. The molecule has 144 valence electrons. The van der Waals surface area contributed by atoms with Gasteiger partial charge < -0.3 is 14.9 Å². The SMILES string of the molecule is CN1CCN(c2ncc(N=Cc3c(O)[nH]c(=O)c4ccc(I)cc34)cn2)CC1. The number of halogens is 1. The zero-order chi connectivity index (χ0) is 19.7. The minimum absolute atomic E-state index is 0.210. The highest BCUT2D eigenvalue weighted by Crippen LogP contribution is 2.23. The van der Waals surface area contributed by atoms with Crippen LogP contribution in [0, 0.1) is 3.57 Å². The fourth-order valence-corrected chi connectivity index (χ4v) is 3.62.